The highest BCUT2D eigenvalue weighted by atomic mass is 16.4. The number of hydrogen-bond donors (Lipinski definition) is 1. The summed E-state index contributed by atoms with van der Waals surface area (Å²) in [5.41, 5.74) is 0. The third kappa shape index (κ3) is 2.94. The van der Waals surface area contributed by atoms with E-state index in [9.17, 15) is 4.79 Å². The summed E-state index contributed by atoms with van der Waals surface area (Å²) in [6, 6.07) is 0.182. The van der Waals surface area contributed by atoms with Gasteiger partial charge in [-0.2, -0.15) is 0 Å². The van der Waals surface area contributed by atoms with Crippen molar-refractivity contribution in [3.05, 3.63) is 0 Å². The lowest BCUT2D eigenvalue weighted by Gasteiger charge is -2.29. The quantitative estimate of drug-likeness (QED) is 0.762. The molecule has 3 nitrogen and oxygen atoms in total. The van der Waals surface area contributed by atoms with Crippen LogP contribution in [0.5, 0.6) is 0 Å². The molecule has 1 rings (SSSR count). The SMILES string of the molecule is CCC1CCC(N(C)C(CC)C(=O)O)C1. The maximum Gasteiger partial charge on any atom is 0.320 e. The van der Waals surface area contributed by atoms with Crippen molar-refractivity contribution in [1.82, 2.24) is 4.90 Å². The maximum absolute atomic E-state index is 11.0. The van der Waals surface area contributed by atoms with E-state index in [4.69, 9.17) is 5.11 Å². The van der Waals surface area contributed by atoms with E-state index in [0.29, 0.717) is 12.5 Å². The lowest BCUT2D eigenvalue weighted by atomic mass is 10.0. The van der Waals surface area contributed by atoms with Crippen LogP contribution in [0.3, 0.4) is 0 Å². The molecule has 3 heteroatoms. The molecule has 15 heavy (non-hydrogen) atoms. The van der Waals surface area contributed by atoms with Crippen molar-refractivity contribution in [2.24, 2.45) is 5.92 Å². The Kier molecular flexibility index (Phi) is 4.58. The standard InChI is InChI=1S/C12H23NO2/c1-4-9-6-7-10(8-9)13(3)11(5-2)12(14)15/h9-11H,4-8H2,1-3H3,(H,14,15). The van der Waals surface area contributed by atoms with Crippen molar-refractivity contribution in [2.75, 3.05) is 7.05 Å². The van der Waals surface area contributed by atoms with Gasteiger partial charge in [0, 0.05) is 6.04 Å². The van der Waals surface area contributed by atoms with Gasteiger partial charge in [0.25, 0.3) is 0 Å². The number of carbonyl (C=O) groups is 1. The molecule has 0 radical (unpaired) electrons. The Morgan fingerprint density at radius 3 is 2.53 bits per heavy atom. The zero-order chi connectivity index (χ0) is 11.4. The number of likely N-dealkylation sites (N-methyl/N-ethyl adjacent to an activating group) is 1. The van der Waals surface area contributed by atoms with Gasteiger partial charge in [-0.3, -0.25) is 9.69 Å². The van der Waals surface area contributed by atoms with Gasteiger partial charge < -0.3 is 5.11 Å². The third-order valence-electron chi connectivity index (χ3n) is 3.83. The Morgan fingerprint density at radius 2 is 2.13 bits per heavy atom. The molecule has 1 saturated carbocycles. The van der Waals surface area contributed by atoms with Crippen LogP contribution in [0.1, 0.15) is 46.0 Å². The third-order valence-corrected chi connectivity index (χ3v) is 3.83. The summed E-state index contributed by atoms with van der Waals surface area (Å²) < 4.78 is 0. The van der Waals surface area contributed by atoms with Gasteiger partial charge in [0.15, 0.2) is 0 Å². The van der Waals surface area contributed by atoms with Crippen molar-refractivity contribution < 1.29 is 9.90 Å². The van der Waals surface area contributed by atoms with Crippen LogP contribution < -0.4 is 0 Å². The van der Waals surface area contributed by atoms with E-state index in [0.717, 1.165) is 5.92 Å². The van der Waals surface area contributed by atoms with E-state index in [1.807, 2.05) is 14.0 Å². The first-order valence-corrected chi connectivity index (χ1v) is 6.04. The second kappa shape index (κ2) is 5.50. The fraction of sp³-hybridized carbons (Fsp3) is 0.917. The molecule has 0 spiro atoms. The molecule has 0 aromatic rings. The molecule has 3 atom stereocenters. The Labute approximate surface area is 92.5 Å². The van der Waals surface area contributed by atoms with Gasteiger partial charge in [0.05, 0.1) is 0 Å². The Morgan fingerprint density at radius 1 is 1.47 bits per heavy atom. The zero-order valence-electron chi connectivity index (χ0n) is 10.1. The average Bonchev–Trinajstić information content (AvgIpc) is 2.66. The normalized spacial score (nSPS) is 28.3. The van der Waals surface area contributed by atoms with Gasteiger partial charge in [-0.05, 0) is 38.6 Å². The molecule has 1 aliphatic carbocycles. The van der Waals surface area contributed by atoms with Crippen LogP contribution in [0, 0.1) is 5.92 Å². The Bertz CT molecular complexity index is 218. The number of nitrogens with zero attached hydrogens (tertiary/aromatic N) is 1. The minimum Gasteiger partial charge on any atom is -0.480 e. The topological polar surface area (TPSA) is 40.5 Å². The largest absolute Gasteiger partial charge is 0.480 e. The predicted molar refractivity (Wildman–Crippen MR) is 60.9 cm³/mol. The van der Waals surface area contributed by atoms with E-state index >= 15 is 0 Å². The van der Waals surface area contributed by atoms with Crippen LogP contribution in [0.4, 0.5) is 0 Å². The van der Waals surface area contributed by atoms with E-state index < -0.39 is 5.97 Å². The summed E-state index contributed by atoms with van der Waals surface area (Å²) in [5.74, 6) is 0.128. The van der Waals surface area contributed by atoms with Gasteiger partial charge in [-0.25, -0.2) is 0 Å². The summed E-state index contributed by atoms with van der Waals surface area (Å²) in [6.45, 7) is 4.17. The van der Waals surface area contributed by atoms with Gasteiger partial charge in [-0.1, -0.05) is 20.3 Å². The Hall–Kier alpha value is -0.570. The molecule has 0 aromatic carbocycles. The molecule has 0 aliphatic heterocycles. The number of rotatable bonds is 5. The molecule has 3 unspecified atom stereocenters. The highest BCUT2D eigenvalue weighted by molar-refractivity contribution is 5.73. The fourth-order valence-electron chi connectivity index (χ4n) is 2.68. The van der Waals surface area contributed by atoms with E-state index in [1.54, 1.807) is 0 Å². The van der Waals surface area contributed by atoms with E-state index in [2.05, 4.69) is 11.8 Å². The van der Waals surface area contributed by atoms with Gasteiger partial charge >= 0.3 is 5.97 Å². The predicted octanol–water partition coefficient (Wildman–Crippen LogP) is 2.36. The number of carboxylic acids is 1. The van der Waals surface area contributed by atoms with Crippen LogP contribution in [0.2, 0.25) is 0 Å². The number of hydrogen-bond acceptors (Lipinski definition) is 2. The molecule has 0 aromatic heterocycles. The minimum absolute atomic E-state index is 0.300. The summed E-state index contributed by atoms with van der Waals surface area (Å²) in [7, 11) is 1.96. The van der Waals surface area contributed by atoms with Crippen molar-refractivity contribution in [3.63, 3.8) is 0 Å². The van der Waals surface area contributed by atoms with Crippen molar-refractivity contribution in [3.8, 4) is 0 Å². The van der Waals surface area contributed by atoms with E-state index in [1.165, 1.54) is 25.7 Å². The first kappa shape index (κ1) is 12.5. The average molecular weight is 213 g/mol. The molecule has 0 saturated heterocycles. The molecule has 0 bridgehead atoms. The van der Waals surface area contributed by atoms with Crippen LogP contribution in [-0.2, 0) is 4.79 Å². The monoisotopic (exact) mass is 213 g/mol. The van der Waals surface area contributed by atoms with Gasteiger partial charge in [0.2, 0.25) is 0 Å². The van der Waals surface area contributed by atoms with Crippen LogP contribution in [0.15, 0.2) is 0 Å². The molecule has 1 N–H and O–H groups in total. The van der Waals surface area contributed by atoms with Crippen LogP contribution >= 0.6 is 0 Å². The first-order valence-electron chi connectivity index (χ1n) is 6.04. The lowest BCUT2D eigenvalue weighted by Crippen LogP contribution is -2.43. The van der Waals surface area contributed by atoms with Crippen molar-refractivity contribution >= 4 is 5.97 Å². The lowest BCUT2D eigenvalue weighted by molar-refractivity contribution is -0.143. The molecular formula is C12H23NO2. The van der Waals surface area contributed by atoms with Crippen molar-refractivity contribution in [1.29, 1.82) is 0 Å². The smallest absolute Gasteiger partial charge is 0.320 e. The van der Waals surface area contributed by atoms with E-state index in [-0.39, 0.29) is 6.04 Å². The molecule has 0 heterocycles. The molecule has 1 fully saturated rings. The maximum atomic E-state index is 11.0. The van der Waals surface area contributed by atoms with Gasteiger partial charge in [-0.15, -0.1) is 0 Å². The van der Waals surface area contributed by atoms with Crippen LogP contribution in [0.25, 0.3) is 0 Å². The number of carboxylic acid groups (broad SMARTS) is 1. The number of aliphatic carboxylic acids is 1. The summed E-state index contributed by atoms with van der Waals surface area (Å²) in [4.78, 5) is 13.1. The fourth-order valence-corrected chi connectivity index (χ4v) is 2.68. The molecular weight excluding hydrogens is 190 g/mol. The zero-order valence-corrected chi connectivity index (χ0v) is 10.1. The second-order valence-corrected chi connectivity index (χ2v) is 4.67. The Balaban J connectivity index is 2.52. The molecule has 1 aliphatic rings. The highest BCUT2D eigenvalue weighted by Crippen LogP contribution is 2.31. The highest BCUT2D eigenvalue weighted by Gasteiger charge is 2.32. The van der Waals surface area contributed by atoms with Gasteiger partial charge in [0.1, 0.15) is 6.04 Å². The molecule has 0 amide bonds. The summed E-state index contributed by atoms with van der Waals surface area (Å²) in [5, 5.41) is 9.09. The van der Waals surface area contributed by atoms with Crippen molar-refractivity contribution in [2.45, 2.75) is 58.0 Å². The summed E-state index contributed by atoms with van der Waals surface area (Å²) in [6.07, 6.45) is 5.53. The van der Waals surface area contributed by atoms with Crippen LogP contribution in [-0.4, -0.2) is 35.1 Å². The minimum atomic E-state index is -0.681. The molecule has 88 valence electrons. The summed E-state index contributed by atoms with van der Waals surface area (Å²) >= 11 is 0. The second-order valence-electron chi connectivity index (χ2n) is 4.67. The first-order chi connectivity index (χ1) is 7.10.